The molecule has 0 atom stereocenters. The first-order chi connectivity index (χ1) is 14.6. The molecule has 7 nitrogen and oxygen atoms in total. The van der Waals surface area contributed by atoms with Gasteiger partial charge in [0.1, 0.15) is 17.9 Å². The van der Waals surface area contributed by atoms with Gasteiger partial charge < -0.3 is 19.4 Å². The number of ether oxygens (including phenoxy) is 2. The quantitative estimate of drug-likeness (QED) is 0.589. The van der Waals surface area contributed by atoms with Crippen molar-refractivity contribution in [2.24, 2.45) is 0 Å². The zero-order valence-corrected chi connectivity index (χ0v) is 18.0. The van der Waals surface area contributed by atoms with E-state index in [9.17, 15) is 4.79 Å². The van der Waals surface area contributed by atoms with E-state index < -0.39 is 0 Å². The molecule has 1 aromatic carbocycles. The number of carbonyl (C=O) groups excluding carboxylic acids is 1. The second-order valence-corrected chi connectivity index (χ2v) is 7.79. The number of aromatic nitrogens is 3. The fraction of sp³-hybridized carbons (Fsp3) is 0.409. The molecule has 0 radical (unpaired) electrons. The Bertz CT molecular complexity index is 1080. The molecular formula is C22H25ClN4O3. The molecule has 8 heteroatoms. The topological polar surface area (TPSA) is 78.3 Å². The summed E-state index contributed by atoms with van der Waals surface area (Å²) in [5, 5.41) is 3.37. The number of rotatable bonds is 6. The van der Waals surface area contributed by atoms with Crippen LogP contribution < -0.4 is 10.1 Å². The molecule has 0 unspecified atom stereocenters. The van der Waals surface area contributed by atoms with Gasteiger partial charge in [0.05, 0.1) is 22.9 Å². The number of anilines is 1. The third-order valence-corrected chi connectivity index (χ3v) is 5.48. The Morgan fingerprint density at radius 3 is 2.93 bits per heavy atom. The maximum atomic E-state index is 13.2. The maximum absolute atomic E-state index is 13.2. The van der Waals surface area contributed by atoms with Crippen LogP contribution in [0.2, 0.25) is 5.02 Å². The number of amides is 1. The Labute approximate surface area is 180 Å². The smallest absolute Gasteiger partial charge is 0.258 e. The van der Waals surface area contributed by atoms with E-state index in [4.69, 9.17) is 26.1 Å². The van der Waals surface area contributed by atoms with Crippen LogP contribution in [0.15, 0.2) is 24.3 Å². The van der Waals surface area contributed by atoms with Crippen LogP contribution >= 0.6 is 11.6 Å². The zero-order chi connectivity index (χ0) is 21.1. The highest BCUT2D eigenvalue weighted by Gasteiger charge is 2.22. The van der Waals surface area contributed by atoms with Gasteiger partial charge in [-0.05, 0) is 38.0 Å². The van der Waals surface area contributed by atoms with Crippen LogP contribution in [-0.4, -0.2) is 40.8 Å². The number of hydrogen-bond donors (Lipinski definition) is 1. The van der Waals surface area contributed by atoms with Crippen LogP contribution in [0, 0.1) is 6.92 Å². The Balaban J connectivity index is 1.69. The number of pyridine rings is 1. The molecule has 1 N–H and O–H groups in total. The molecule has 1 aliphatic rings. The summed E-state index contributed by atoms with van der Waals surface area (Å²) in [6.45, 7) is 3.53. The summed E-state index contributed by atoms with van der Waals surface area (Å²) in [5.41, 5.74) is 3.20. The van der Waals surface area contributed by atoms with E-state index in [1.165, 1.54) is 6.42 Å². The summed E-state index contributed by atoms with van der Waals surface area (Å²) in [5.74, 6) is 1.16. The molecule has 0 bridgehead atoms. The van der Waals surface area contributed by atoms with E-state index in [2.05, 4.69) is 14.9 Å². The number of methoxy groups -OCH3 is 1. The van der Waals surface area contributed by atoms with Crippen molar-refractivity contribution >= 4 is 34.4 Å². The van der Waals surface area contributed by atoms with Crippen molar-refractivity contribution in [2.75, 3.05) is 25.6 Å². The monoisotopic (exact) mass is 428 g/mol. The highest BCUT2D eigenvalue weighted by molar-refractivity contribution is 6.32. The lowest BCUT2D eigenvalue weighted by Gasteiger charge is -2.14. The number of carbonyl (C=O) groups is 1. The van der Waals surface area contributed by atoms with Gasteiger partial charge in [0.25, 0.3) is 5.91 Å². The van der Waals surface area contributed by atoms with Crippen LogP contribution in [0.3, 0.4) is 0 Å². The molecule has 4 rings (SSSR count). The second kappa shape index (κ2) is 9.02. The van der Waals surface area contributed by atoms with Crippen LogP contribution in [0.1, 0.15) is 41.1 Å². The number of imidazole rings is 1. The lowest BCUT2D eigenvalue weighted by Crippen LogP contribution is -2.15. The zero-order valence-electron chi connectivity index (χ0n) is 17.2. The molecule has 1 aliphatic heterocycles. The molecule has 0 fully saturated rings. The minimum atomic E-state index is -0.266. The van der Waals surface area contributed by atoms with Gasteiger partial charge in [-0.2, -0.15) is 0 Å². The number of fused-ring (bicyclic) bond motifs is 3. The van der Waals surface area contributed by atoms with Crippen molar-refractivity contribution in [3.05, 3.63) is 46.4 Å². The van der Waals surface area contributed by atoms with Gasteiger partial charge in [0.2, 0.25) is 0 Å². The van der Waals surface area contributed by atoms with Crippen LogP contribution in [-0.2, 0) is 17.7 Å². The number of nitrogens with one attached hydrogen (secondary N) is 1. The van der Waals surface area contributed by atoms with Gasteiger partial charge in [-0.1, -0.05) is 24.1 Å². The first-order valence-corrected chi connectivity index (χ1v) is 10.5. The third-order valence-electron chi connectivity index (χ3n) is 5.19. The van der Waals surface area contributed by atoms with Crippen LogP contribution in [0.5, 0.6) is 5.75 Å². The largest absolute Gasteiger partial charge is 0.487 e. The predicted molar refractivity (Wildman–Crippen MR) is 117 cm³/mol. The molecule has 0 saturated heterocycles. The molecule has 2 aromatic heterocycles. The molecular weight excluding hydrogens is 404 g/mol. The van der Waals surface area contributed by atoms with Crippen molar-refractivity contribution < 1.29 is 14.3 Å². The SMILES string of the molecule is COCCOc1c(Cl)cccc1NC(=O)c1cc(C)nc2c1nc1n2CCCCC1. The molecule has 3 heterocycles. The summed E-state index contributed by atoms with van der Waals surface area (Å²) in [6, 6.07) is 7.04. The van der Waals surface area contributed by atoms with Gasteiger partial charge in [-0.3, -0.25) is 4.79 Å². The number of benzene rings is 1. The fourth-order valence-corrected chi connectivity index (χ4v) is 3.99. The van der Waals surface area contributed by atoms with Gasteiger partial charge in [0, 0.05) is 25.8 Å². The molecule has 0 aliphatic carbocycles. The van der Waals surface area contributed by atoms with Crippen molar-refractivity contribution in [3.63, 3.8) is 0 Å². The van der Waals surface area contributed by atoms with Crippen molar-refractivity contribution in [1.82, 2.24) is 14.5 Å². The molecule has 3 aromatic rings. The van der Waals surface area contributed by atoms with E-state index in [0.717, 1.165) is 43.0 Å². The Kier molecular flexibility index (Phi) is 6.20. The van der Waals surface area contributed by atoms with E-state index in [1.54, 1.807) is 31.4 Å². The number of nitrogens with zero attached hydrogens (tertiary/aromatic N) is 3. The number of halogens is 1. The summed E-state index contributed by atoms with van der Waals surface area (Å²) >= 11 is 6.30. The van der Waals surface area contributed by atoms with Gasteiger partial charge in [0.15, 0.2) is 11.4 Å². The van der Waals surface area contributed by atoms with Crippen molar-refractivity contribution in [3.8, 4) is 5.75 Å². The van der Waals surface area contributed by atoms with Gasteiger partial charge in [-0.15, -0.1) is 0 Å². The first-order valence-electron chi connectivity index (χ1n) is 10.2. The average molecular weight is 429 g/mol. The lowest BCUT2D eigenvalue weighted by atomic mass is 10.1. The van der Waals surface area contributed by atoms with E-state index in [-0.39, 0.29) is 5.91 Å². The fourth-order valence-electron chi connectivity index (χ4n) is 3.76. The highest BCUT2D eigenvalue weighted by Crippen LogP contribution is 2.33. The minimum Gasteiger partial charge on any atom is -0.487 e. The summed E-state index contributed by atoms with van der Waals surface area (Å²) in [4.78, 5) is 22.7. The molecule has 0 spiro atoms. The first kappa shape index (κ1) is 20.6. The van der Waals surface area contributed by atoms with Crippen LogP contribution in [0.25, 0.3) is 11.2 Å². The maximum Gasteiger partial charge on any atom is 0.258 e. The van der Waals surface area contributed by atoms with E-state index in [0.29, 0.717) is 40.8 Å². The highest BCUT2D eigenvalue weighted by atomic mass is 35.5. The Morgan fingerprint density at radius 1 is 1.23 bits per heavy atom. The standard InChI is InChI=1S/C22H25ClN4O3/c1-14-13-15(19-21(24-14)27-10-5-3-4-9-18(27)26-19)22(28)25-17-8-6-7-16(23)20(17)30-12-11-29-2/h6-8,13H,3-5,9-12H2,1-2H3,(H,25,28). The third kappa shape index (κ3) is 4.13. The van der Waals surface area contributed by atoms with Gasteiger partial charge >= 0.3 is 0 Å². The van der Waals surface area contributed by atoms with Gasteiger partial charge in [-0.25, -0.2) is 9.97 Å². The Hall–Kier alpha value is -2.64. The van der Waals surface area contributed by atoms with Crippen molar-refractivity contribution in [2.45, 2.75) is 39.2 Å². The predicted octanol–water partition coefficient (Wildman–Crippen LogP) is 4.40. The molecule has 158 valence electrons. The number of hydrogen-bond acceptors (Lipinski definition) is 5. The number of para-hydroxylation sites is 1. The van der Waals surface area contributed by atoms with Crippen LogP contribution in [0.4, 0.5) is 5.69 Å². The number of aryl methyl sites for hydroxylation is 3. The minimum absolute atomic E-state index is 0.266. The summed E-state index contributed by atoms with van der Waals surface area (Å²) in [7, 11) is 1.60. The van der Waals surface area contributed by atoms with E-state index in [1.807, 2.05) is 6.92 Å². The average Bonchev–Trinajstić information content (AvgIpc) is 2.90. The van der Waals surface area contributed by atoms with Crippen molar-refractivity contribution in [1.29, 1.82) is 0 Å². The Morgan fingerprint density at radius 2 is 2.10 bits per heavy atom. The normalized spacial score (nSPS) is 13.7. The summed E-state index contributed by atoms with van der Waals surface area (Å²) in [6.07, 6.45) is 4.29. The lowest BCUT2D eigenvalue weighted by molar-refractivity contribution is 0.102. The molecule has 30 heavy (non-hydrogen) atoms. The van der Waals surface area contributed by atoms with E-state index >= 15 is 0 Å². The second-order valence-electron chi connectivity index (χ2n) is 7.39. The summed E-state index contributed by atoms with van der Waals surface area (Å²) < 4.78 is 12.9. The molecule has 0 saturated carbocycles. The molecule has 1 amide bonds.